The Balaban J connectivity index is 1.28. The normalized spacial score (nSPS) is 17.3. The lowest BCUT2D eigenvalue weighted by Gasteiger charge is -2.36. The summed E-state index contributed by atoms with van der Waals surface area (Å²) in [5.41, 5.74) is 2.39. The zero-order valence-electron chi connectivity index (χ0n) is 20.1. The van der Waals surface area contributed by atoms with Gasteiger partial charge >= 0.3 is 0 Å². The molecule has 0 aliphatic carbocycles. The number of rotatable bonds is 4. The molecule has 190 valence electrons. The maximum Gasteiger partial charge on any atom is 0.274 e. The number of aryl methyl sites for hydroxylation is 1. The van der Waals surface area contributed by atoms with Gasteiger partial charge in [0.2, 0.25) is 6.35 Å². The third-order valence-corrected chi connectivity index (χ3v) is 6.48. The van der Waals surface area contributed by atoms with E-state index in [2.05, 4.69) is 15.3 Å². The molecule has 2 N–H and O–H groups in total. The summed E-state index contributed by atoms with van der Waals surface area (Å²) in [6.45, 7) is 3.00. The Bertz CT molecular complexity index is 1360. The van der Waals surface area contributed by atoms with Gasteiger partial charge in [0, 0.05) is 38.9 Å². The van der Waals surface area contributed by atoms with Crippen molar-refractivity contribution in [2.75, 3.05) is 31.1 Å². The van der Waals surface area contributed by atoms with Crippen LogP contribution in [0.5, 0.6) is 0 Å². The molecule has 3 aromatic rings. The number of hydrogen-bond acceptors (Lipinski definition) is 7. The third-order valence-electron chi connectivity index (χ3n) is 6.48. The minimum Gasteiger partial charge on any atom is -0.356 e. The third kappa shape index (κ3) is 4.85. The Hall–Kier alpha value is -4.38. The fourth-order valence-corrected chi connectivity index (χ4v) is 4.47. The number of fused-ring (bicyclic) bond motifs is 1. The van der Waals surface area contributed by atoms with Gasteiger partial charge in [-0.2, -0.15) is 0 Å². The molecule has 1 atom stereocenters. The molecule has 11 heteroatoms. The number of nitrogens with one attached hydrogen (secondary N) is 1. The predicted molar refractivity (Wildman–Crippen MR) is 131 cm³/mol. The molecular weight excluding hydrogens is 479 g/mol. The van der Waals surface area contributed by atoms with E-state index in [4.69, 9.17) is 0 Å². The van der Waals surface area contributed by atoms with Gasteiger partial charge in [-0.1, -0.05) is 18.2 Å². The Morgan fingerprint density at radius 1 is 1.03 bits per heavy atom. The van der Waals surface area contributed by atoms with Crippen molar-refractivity contribution in [1.82, 2.24) is 25.1 Å². The molecule has 1 fully saturated rings. The second-order valence-corrected chi connectivity index (χ2v) is 8.93. The fourth-order valence-electron chi connectivity index (χ4n) is 4.47. The highest BCUT2D eigenvalue weighted by Gasteiger charge is 2.30. The van der Waals surface area contributed by atoms with E-state index in [1.54, 1.807) is 41.0 Å². The number of piperazine rings is 1. The number of aliphatic hydroxyl groups excluding tert-OH is 1. The van der Waals surface area contributed by atoms with Crippen LogP contribution in [0.2, 0.25) is 0 Å². The number of para-hydroxylation sites is 1. The van der Waals surface area contributed by atoms with Gasteiger partial charge in [0.1, 0.15) is 11.5 Å². The number of aliphatic hydroxyl groups is 1. The quantitative estimate of drug-likeness (QED) is 0.553. The summed E-state index contributed by atoms with van der Waals surface area (Å²) < 4.78 is 14.7. The Morgan fingerprint density at radius 3 is 2.43 bits per heavy atom. The maximum atomic E-state index is 14.7. The van der Waals surface area contributed by atoms with E-state index in [-0.39, 0.29) is 55.8 Å². The monoisotopic (exact) mass is 504 g/mol. The number of benzene rings is 2. The summed E-state index contributed by atoms with van der Waals surface area (Å²) in [6, 6.07) is 11.1. The number of amides is 3. The lowest BCUT2D eigenvalue weighted by molar-refractivity contribution is 0.0529. The van der Waals surface area contributed by atoms with Gasteiger partial charge < -0.3 is 25.1 Å². The second-order valence-electron chi connectivity index (χ2n) is 8.93. The molecule has 37 heavy (non-hydrogen) atoms. The van der Waals surface area contributed by atoms with Crippen molar-refractivity contribution in [1.29, 1.82) is 0 Å². The van der Waals surface area contributed by atoms with E-state index >= 15 is 0 Å². The zero-order valence-corrected chi connectivity index (χ0v) is 20.1. The standard InChI is InChI=1S/C26H25FN6O4/c1-16-13-29-21(14-28-16)25(36)32-10-8-31(9-11-32)24(35)19-12-17(6-7-20(19)27)15-33-22-5-3-2-4-18(22)23(34)30-26(33)37/h2-7,12-14,26,37H,8-11,15H2,1H3,(H,30,34). The molecule has 0 spiro atoms. The summed E-state index contributed by atoms with van der Waals surface area (Å²) >= 11 is 0. The van der Waals surface area contributed by atoms with Crippen molar-refractivity contribution in [3.8, 4) is 0 Å². The summed E-state index contributed by atoms with van der Waals surface area (Å²) in [7, 11) is 0. The van der Waals surface area contributed by atoms with Crippen LogP contribution in [0.3, 0.4) is 0 Å². The Kier molecular flexibility index (Phi) is 6.53. The van der Waals surface area contributed by atoms with Gasteiger partial charge in [-0.05, 0) is 36.8 Å². The largest absolute Gasteiger partial charge is 0.356 e. The van der Waals surface area contributed by atoms with Crippen molar-refractivity contribution in [3.05, 3.63) is 88.8 Å². The molecule has 0 radical (unpaired) electrons. The van der Waals surface area contributed by atoms with Crippen LogP contribution in [0.15, 0.2) is 54.9 Å². The number of anilines is 1. The number of hydrogen-bond donors (Lipinski definition) is 2. The van der Waals surface area contributed by atoms with E-state index in [0.29, 0.717) is 22.5 Å². The minimum absolute atomic E-state index is 0.0921. The highest BCUT2D eigenvalue weighted by molar-refractivity contribution is 6.01. The van der Waals surface area contributed by atoms with Gasteiger partial charge in [-0.3, -0.25) is 19.4 Å². The van der Waals surface area contributed by atoms with E-state index in [1.165, 1.54) is 35.5 Å². The zero-order chi connectivity index (χ0) is 26.1. The van der Waals surface area contributed by atoms with Crippen LogP contribution < -0.4 is 10.2 Å². The number of carbonyl (C=O) groups is 3. The highest BCUT2D eigenvalue weighted by atomic mass is 19.1. The molecule has 2 aliphatic heterocycles. The van der Waals surface area contributed by atoms with Gasteiger partial charge in [-0.25, -0.2) is 9.37 Å². The van der Waals surface area contributed by atoms with Crippen LogP contribution in [0.4, 0.5) is 10.1 Å². The Labute approximate surface area is 212 Å². The number of nitrogens with zero attached hydrogens (tertiary/aromatic N) is 5. The average molecular weight is 505 g/mol. The van der Waals surface area contributed by atoms with Crippen LogP contribution in [0, 0.1) is 12.7 Å². The first-order valence-corrected chi connectivity index (χ1v) is 11.8. The highest BCUT2D eigenvalue weighted by Crippen LogP contribution is 2.27. The van der Waals surface area contributed by atoms with E-state index in [1.807, 2.05) is 0 Å². The molecule has 5 rings (SSSR count). The molecule has 0 bridgehead atoms. The number of halogens is 1. The molecule has 1 aromatic heterocycles. The molecule has 1 saturated heterocycles. The van der Waals surface area contributed by atoms with Crippen LogP contribution in [-0.2, 0) is 6.54 Å². The van der Waals surface area contributed by atoms with Gasteiger partial charge in [0.05, 0.1) is 28.7 Å². The first-order chi connectivity index (χ1) is 17.8. The van der Waals surface area contributed by atoms with Crippen LogP contribution in [0.1, 0.15) is 42.5 Å². The first kappa shape index (κ1) is 24.3. The molecule has 2 aliphatic rings. The lowest BCUT2D eigenvalue weighted by Crippen LogP contribution is -2.52. The van der Waals surface area contributed by atoms with Crippen molar-refractivity contribution in [3.63, 3.8) is 0 Å². The van der Waals surface area contributed by atoms with E-state index in [9.17, 15) is 23.9 Å². The molecule has 2 aromatic carbocycles. The number of carbonyl (C=O) groups excluding carboxylic acids is 3. The maximum absolute atomic E-state index is 14.7. The van der Waals surface area contributed by atoms with Crippen LogP contribution in [-0.4, -0.2) is 75.1 Å². The summed E-state index contributed by atoms with van der Waals surface area (Å²) in [4.78, 5) is 51.0. The molecule has 0 saturated carbocycles. The number of aromatic nitrogens is 2. The smallest absolute Gasteiger partial charge is 0.274 e. The molecule has 10 nitrogen and oxygen atoms in total. The average Bonchev–Trinajstić information content (AvgIpc) is 2.91. The predicted octanol–water partition coefficient (Wildman–Crippen LogP) is 1.55. The van der Waals surface area contributed by atoms with Gasteiger partial charge in [-0.15, -0.1) is 0 Å². The molecule has 1 unspecified atom stereocenters. The van der Waals surface area contributed by atoms with E-state index in [0.717, 1.165) is 0 Å². The summed E-state index contributed by atoms with van der Waals surface area (Å²) in [5, 5.41) is 12.9. The van der Waals surface area contributed by atoms with Crippen molar-refractivity contribution in [2.45, 2.75) is 19.8 Å². The van der Waals surface area contributed by atoms with E-state index < -0.39 is 18.1 Å². The van der Waals surface area contributed by atoms with Crippen LogP contribution in [0.25, 0.3) is 0 Å². The molecule has 3 amide bonds. The molecule has 3 heterocycles. The second kappa shape index (κ2) is 9.94. The first-order valence-electron chi connectivity index (χ1n) is 11.8. The SMILES string of the molecule is Cc1cnc(C(=O)N2CCN(C(=O)c3cc(CN4c5ccccc5C(=O)NC4O)ccc3F)CC2)cn1. The lowest BCUT2D eigenvalue weighted by atomic mass is 10.1. The minimum atomic E-state index is -1.27. The van der Waals surface area contributed by atoms with Crippen LogP contribution >= 0.6 is 0 Å². The van der Waals surface area contributed by atoms with Crippen molar-refractivity contribution < 1.29 is 23.9 Å². The van der Waals surface area contributed by atoms with Crippen molar-refractivity contribution in [2.24, 2.45) is 0 Å². The topological polar surface area (TPSA) is 119 Å². The Morgan fingerprint density at radius 2 is 1.73 bits per heavy atom. The summed E-state index contributed by atoms with van der Waals surface area (Å²) in [6.07, 6.45) is 1.69. The van der Waals surface area contributed by atoms with Gasteiger partial charge in [0.25, 0.3) is 17.7 Å². The fraction of sp³-hybridized carbons (Fsp3) is 0.269. The summed E-state index contributed by atoms with van der Waals surface area (Å²) in [5.74, 6) is -1.79. The molecular formula is C26H25FN6O4. The van der Waals surface area contributed by atoms with Gasteiger partial charge in [0.15, 0.2) is 0 Å². The van der Waals surface area contributed by atoms with Crippen molar-refractivity contribution >= 4 is 23.4 Å².